The fourth-order valence-corrected chi connectivity index (χ4v) is 2.70. The smallest absolute Gasteiger partial charge is 0.312 e. The first kappa shape index (κ1) is 11.3. The van der Waals surface area contributed by atoms with Crippen molar-refractivity contribution in [3.05, 3.63) is 29.8 Å². The highest BCUT2D eigenvalue weighted by molar-refractivity contribution is 6.00. The van der Waals surface area contributed by atoms with Crippen molar-refractivity contribution in [3.8, 4) is 0 Å². The summed E-state index contributed by atoms with van der Waals surface area (Å²) in [5, 5.41) is 9.23. The van der Waals surface area contributed by atoms with E-state index in [1.54, 1.807) is 4.90 Å². The van der Waals surface area contributed by atoms with Gasteiger partial charge >= 0.3 is 5.97 Å². The standard InChI is InChI=1S/C14H15NO3/c16-13(9-4-3-5-9)15-8-11(14(17)18)10-6-1-2-7-12(10)15/h1-2,6-7,9,11H,3-5,8H2,(H,17,18). The van der Waals surface area contributed by atoms with E-state index >= 15 is 0 Å². The van der Waals surface area contributed by atoms with Crippen molar-refractivity contribution in [1.29, 1.82) is 0 Å². The van der Waals surface area contributed by atoms with Crippen LogP contribution in [0.1, 0.15) is 30.7 Å². The minimum atomic E-state index is -0.855. The molecule has 0 radical (unpaired) electrons. The first-order valence-electron chi connectivity index (χ1n) is 6.31. The Morgan fingerprint density at radius 3 is 2.56 bits per heavy atom. The summed E-state index contributed by atoms with van der Waals surface area (Å²) in [5.74, 6) is -1.24. The third-order valence-electron chi connectivity index (χ3n) is 3.99. The van der Waals surface area contributed by atoms with Gasteiger partial charge in [0.25, 0.3) is 0 Å². The molecule has 0 saturated heterocycles. The molecule has 1 unspecified atom stereocenters. The molecule has 1 aliphatic carbocycles. The van der Waals surface area contributed by atoms with Gasteiger partial charge in [-0.05, 0) is 24.5 Å². The van der Waals surface area contributed by atoms with E-state index in [0.717, 1.165) is 30.5 Å². The lowest BCUT2D eigenvalue weighted by atomic mass is 9.84. The fraction of sp³-hybridized carbons (Fsp3) is 0.429. The molecule has 1 N–H and O–H groups in total. The lowest BCUT2D eigenvalue weighted by Gasteiger charge is -2.29. The SMILES string of the molecule is O=C(O)C1CN(C(=O)C2CCC2)c2ccccc21. The second-order valence-electron chi connectivity index (χ2n) is 5.03. The average molecular weight is 245 g/mol. The Kier molecular flexibility index (Phi) is 2.58. The summed E-state index contributed by atoms with van der Waals surface area (Å²) in [6.45, 7) is 0.282. The quantitative estimate of drug-likeness (QED) is 0.867. The number of fused-ring (bicyclic) bond motifs is 1. The van der Waals surface area contributed by atoms with Crippen LogP contribution in [0.25, 0.3) is 0 Å². The predicted octanol–water partition coefficient (Wildman–Crippen LogP) is 2.00. The highest BCUT2D eigenvalue weighted by atomic mass is 16.4. The van der Waals surface area contributed by atoms with Gasteiger partial charge in [-0.3, -0.25) is 9.59 Å². The minimum Gasteiger partial charge on any atom is -0.481 e. The normalized spacial score (nSPS) is 22.4. The molecule has 1 saturated carbocycles. The van der Waals surface area contributed by atoms with Crippen molar-refractivity contribution in [2.75, 3.05) is 11.4 Å². The van der Waals surface area contributed by atoms with Crippen molar-refractivity contribution in [2.24, 2.45) is 5.92 Å². The summed E-state index contributed by atoms with van der Waals surface area (Å²) < 4.78 is 0. The van der Waals surface area contributed by atoms with Crippen LogP contribution < -0.4 is 4.90 Å². The van der Waals surface area contributed by atoms with E-state index in [4.69, 9.17) is 0 Å². The monoisotopic (exact) mass is 245 g/mol. The zero-order valence-corrected chi connectivity index (χ0v) is 10.0. The van der Waals surface area contributed by atoms with Crippen LogP contribution in [0, 0.1) is 5.92 Å². The summed E-state index contributed by atoms with van der Waals surface area (Å²) in [6.07, 6.45) is 2.98. The zero-order chi connectivity index (χ0) is 12.7. The molecule has 2 aliphatic rings. The largest absolute Gasteiger partial charge is 0.481 e. The van der Waals surface area contributed by atoms with E-state index in [0.29, 0.717) is 0 Å². The molecule has 1 atom stereocenters. The molecule has 1 amide bonds. The van der Waals surface area contributed by atoms with Crippen molar-refractivity contribution in [3.63, 3.8) is 0 Å². The van der Waals surface area contributed by atoms with Gasteiger partial charge < -0.3 is 10.0 Å². The molecule has 1 aromatic rings. The van der Waals surface area contributed by atoms with Gasteiger partial charge in [0.05, 0.1) is 0 Å². The Labute approximate surface area is 105 Å². The van der Waals surface area contributed by atoms with Crippen LogP contribution in [-0.4, -0.2) is 23.5 Å². The van der Waals surface area contributed by atoms with Crippen LogP contribution in [0.5, 0.6) is 0 Å². The lowest BCUT2D eigenvalue weighted by molar-refractivity contribution is -0.138. The second-order valence-corrected chi connectivity index (χ2v) is 5.03. The van der Waals surface area contributed by atoms with Gasteiger partial charge in [0.2, 0.25) is 5.91 Å². The van der Waals surface area contributed by atoms with Crippen LogP contribution in [0.2, 0.25) is 0 Å². The predicted molar refractivity (Wildman–Crippen MR) is 66.5 cm³/mol. The van der Waals surface area contributed by atoms with Gasteiger partial charge in [0.1, 0.15) is 5.92 Å². The molecule has 1 aromatic carbocycles. The molecular weight excluding hydrogens is 230 g/mol. The molecule has 0 bridgehead atoms. The Hall–Kier alpha value is -1.84. The Balaban J connectivity index is 1.94. The van der Waals surface area contributed by atoms with E-state index in [1.807, 2.05) is 24.3 Å². The highest BCUT2D eigenvalue weighted by Crippen LogP contribution is 2.39. The van der Waals surface area contributed by atoms with Gasteiger partial charge in [-0.1, -0.05) is 24.6 Å². The van der Waals surface area contributed by atoms with Gasteiger partial charge in [0.15, 0.2) is 0 Å². The number of rotatable bonds is 2. The van der Waals surface area contributed by atoms with Crippen molar-refractivity contribution >= 4 is 17.6 Å². The Bertz CT molecular complexity index is 508. The number of nitrogens with zero attached hydrogens (tertiary/aromatic N) is 1. The van der Waals surface area contributed by atoms with Gasteiger partial charge in [-0.25, -0.2) is 0 Å². The van der Waals surface area contributed by atoms with Crippen LogP contribution in [0.4, 0.5) is 5.69 Å². The van der Waals surface area contributed by atoms with Crippen LogP contribution in [-0.2, 0) is 9.59 Å². The number of amides is 1. The lowest BCUT2D eigenvalue weighted by Crippen LogP contribution is -2.38. The van der Waals surface area contributed by atoms with Crippen molar-refractivity contribution in [2.45, 2.75) is 25.2 Å². The molecule has 1 aliphatic heterocycles. The number of anilines is 1. The number of para-hydroxylation sites is 1. The maximum Gasteiger partial charge on any atom is 0.312 e. The number of carbonyl (C=O) groups excluding carboxylic acids is 1. The molecule has 4 heteroatoms. The number of hydrogen-bond donors (Lipinski definition) is 1. The number of carbonyl (C=O) groups is 2. The number of benzene rings is 1. The number of carboxylic acid groups (broad SMARTS) is 1. The summed E-state index contributed by atoms with van der Waals surface area (Å²) in [6, 6.07) is 7.33. The topological polar surface area (TPSA) is 57.6 Å². The van der Waals surface area contributed by atoms with Crippen LogP contribution in [0.3, 0.4) is 0 Å². The van der Waals surface area contributed by atoms with E-state index in [2.05, 4.69) is 0 Å². The van der Waals surface area contributed by atoms with Crippen LogP contribution >= 0.6 is 0 Å². The van der Waals surface area contributed by atoms with E-state index in [1.165, 1.54) is 0 Å². The molecular formula is C14H15NO3. The molecule has 18 heavy (non-hydrogen) atoms. The average Bonchev–Trinajstić information content (AvgIpc) is 2.66. The highest BCUT2D eigenvalue weighted by Gasteiger charge is 2.39. The minimum absolute atomic E-state index is 0.0949. The molecule has 1 heterocycles. The zero-order valence-electron chi connectivity index (χ0n) is 10.0. The first-order chi connectivity index (χ1) is 8.68. The maximum absolute atomic E-state index is 12.3. The number of hydrogen-bond acceptors (Lipinski definition) is 2. The van der Waals surface area contributed by atoms with Gasteiger partial charge in [0, 0.05) is 18.2 Å². The Morgan fingerprint density at radius 1 is 1.22 bits per heavy atom. The molecule has 0 aromatic heterocycles. The Morgan fingerprint density at radius 2 is 1.94 bits per heavy atom. The third kappa shape index (κ3) is 1.60. The molecule has 1 fully saturated rings. The summed E-state index contributed by atoms with van der Waals surface area (Å²) in [7, 11) is 0. The summed E-state index contributed by atoms with van der Waals surface area (Å²) in [5.41, 5.74) is 1.54. The summed E-state index contributed by atoms with van der Waals surface area (Å²) >= 11 is 0. The molecule has 3 rings (SSSR count). The number of carboxylic acids is 1. The molecule has 94 valence electrons. The van der Waals surface area contributed by atoms with Crippen molar-refractivity contribution in [1.82, 2.24) is 0 Å². The maximum atomic E-state index is 12.3. The van der Waals surface area contributed by atoms with E-state index < -0.39 is 11.9 Å². The summed E-state index contributed by atoms with van der Waals surface area (Å²) in [4.78, 5) is 25.2. The molecule has 0 spiro atoms. The number of aliphatic carboxylic acids is 1. The van der Waals surface area contributed by atoms with Gasteiger partial charge in [-0.15, -0.1) is 0 Å². The second kappa shape index (κ2) is 4.12. The van der Waals surface area contributed by atoms with Gasteiger partial charge in [-0.2, -0.15) is 0 Å². The van der Waals surface area contributed by atoms with Crippen LogP contribution in [0.15, 0.2) is 24.3 Å². The fourth-order valence-electron chi connectivity index (χ4n) is 2.70. The first-order valence-corrected chi connectivity index (χ1v) is 6.31. The third-order valence-corrected chi connectivity index (χ3v) is 3.99. The molecule has 4 nitrogen and oxygen atoms in total. The van der Waals surface area contributed by atoms with E-state index in [-0.39, 0.29) is 18.4 Å². The van der Waals surface area contributed by atoms with Crippen molar-refractivity contribution < 1.29 is 14.7 Å². The van der Waals surface area contributed by atoms with E-state index in [9.17, 15) is 14.7 Å².